The SMILES string of the molecule is O=C(CC1CNC1)NCc1cccc(C(=O)O)c1. The monoisotopic (exact) mass is 248 g/mol. The molecule has 0 atom stereocenters. The summed E-state index contributed by atoms with van der Waals surface area (Å²) in [5.41, 5.74) is 1.04. The van der Waals surface area contributed by atoms with Gasteiger partial charge in [-0.05, 0) is 36.7 Å². The van der Waals surface area contributed by atoms with Crippen molar-refractivity contribution < 1.29 is 14.7 Å². The predicted octanol–water partition coefficient (Wildman–Crippen LogP) is 0.610. The highest BCUT2D eigenvalue weighted by Crippen LogP contribution is 2.09. The molecule has 18 heavy (non-hydrogen) atoms. The van der Waals surface area contributed by atoms with Gasteiger partial charge in [-0.1, -0.05) is 12.1 Å². The molecule has 0 unspecified atom stereocenters. The highest BCUT2D eigenvalue weighted by Gasteiger charge is 2.19. The van der Waals surface area contributed by atoms with Gasteiger partial charge < -0.3 is 15.7 Å². The molecule has 1 saturated heterocycles. The lowest BCUT2D eigenvalue weighted by Crippen LogP contribution is -2.44. The zero-order chi connectivity index (χ0) is 13.0. The van der Waals surface area contributed by atoms with Crippen molar-refractivity contribution in [1.29, 1.82) is 0 Å². The van der Waals surface area contributed by atoms with Gasteiger partial charge in [-0.2, -0.15) is 0 Å². The van der Waals surface area contributed by atoms with Crippen molar-refractivity contribution in [1.82, 2.24) is 10.6 Å². The van der Waals surface area contributed by atoms with Crippen molar-refractivity contribution >= 4 is 11.9 Å². The Morgan fingerprint density at radius 3 is 2.78 bits per heavy atom. The summed E-state index contributed by atoms with van der Waals surface area (Å²) >= 11 is 0. The normalized spacial score (nSPS) is 14.9. The van der Waals surface area contributed by atoms with E-state index in [1.165, 1.54) is 6.07 Å². The van der Waals surface area contributed by atoms with Crippen LogP contribution in [0.5, 0.6) is 0 Å². The van der Waals surface area contributed by atoms with E-state index >= 15 is 0 Å². The van der Waals surface area contributed by atoms with Gasteiger partial charge in [-0.25, -0.2) is 4.79 Å². The third kappa shape index (κ3) is 3.30. The molecule has 1 heterocycles. The number of carboxylic acid groups (broad SMARTS) is 1. The lowest BCUT2D eigenvalue weighted by atomic mass is 9.99. The number of amides is 1. The molecule has 1 aliphatic rings. The van der Waals surface area contributed by atoms with E-state index in [1.54, 1.807) is 18.2 Å². The molecule has 5 nitrogen and oxygen atoms in total. The van der Waals surface area contributed by atoms with Gasteiger partial charge in [0.2, 0.25) is 5.91 Å². The van der Waals surface area contributed by atoms with Gasteiger partial charge in [0.05, 0.1) is 5.56 Å². The number of carbonyl (C=O) groups is 2. The Hall–Kier alpha value is -1.88. The summed E-state index contributed by atoms with van der Waals surface area (Å²) in [4.78, 5) is 22.4. The first-order chi connectivity index (χ1) is 8.65. The Morgan fingerprint density at radius 2 is 2.17 bits per heavy atom. The van der Waals surface area contributed by atoms with Gasteiger partial charge in [0.1, 0.15) is 0 Å². The lowest BCUT2D eigenvalue weighted by molar-refractivity contribution is -0.122. The minimum absolute atomic E-state index is 0.0160. The molecule has 1 aromatic carbocycles. The predicted molar refractivity (Wildman–Crippen MR) is 66.2 cm³/mol. The molecule has 1 amide bonds. The fourth-order valence-corrected chi connectivity index (χ4v) is 1.84. The maximum Gasteiger partial charge on any atom is 0.335 e. The van der Waals surface area contributed by atoms with Crippen molar-refractivity contribution in [3.05, 3.63) is 35.4 Å². The van der Waals surface area contributed by atoms with Crippen LogP contribution in [-0.2, 0) is 11.3 Å². The second-order valence-electron chi connectivity index (χ2n) is 4.51. The molecule has 1 fully saturated rings. The maximum atomic E-state index is 11.6. The van der Waals surface area contributed by atoms with Gasteiger partial charge in [-0.3, -0.25) is 4.79 Å². The Kier molecular flexibility index (Phi) is 3.94. The van der Waals surface area contributed by atoms with E-state index in [2.05, 4.69) is 10.6 Å². The fourth-order valence-electron chi connectivity index (χ4n) is 1.84. The molecular weight excluding hydrogens is 232 g/mol. The summed E-state index contributed by atoms with van der Waals surface area (Å²) in [6.07, 6.45) is 0.533. The van der Waals surface area contributed by atoms with Crippen molar-refractivity contribution in [2.45, 2.75) is 13.0 Å². The second kappa shape index (κ2) is 5.64. The maximum absolute atomic E-state index is 11.6. The fraction of sp³-hybridized carbons (Fsp3) is 0.385. The molecule has 0 bridgehead atoms. The molecule has 3 N–H and O–H groups in total. The lowest BCUT2D eigenvalue weighted by Gasteiger charge is -2.26. The van der Waals surface area contributed by atoms with Crippen LogP contribution in [0.1, 0.15) is 22.3 Å². The topological polar surface area (TPSA) is 78.4 Å². The Labute approximate surface area is 105 Å². The third-order valence-electron chi connectivity index (χ3n) is 3.00. The summed E-state index contributed by atoms with van der Waals surface area (Å²) in [6.45, 7) is 2.18. The van der Waals surface area contributed by atoms with E-state index in [4.69, 9.17) is 5.11 Å². The average molecular weight is 248 g/mol. The number of rotatable bonds is 5. The van der Waals surface area contributed by atoms with Crippen LogP contribution >= 0.6 is 0 Å². The molecule has 0 saturated carbocycles. The number of hydrogen-bond donors (Lipinski definition) is 3. The van der Waals surface area contributed by atoms with E-state index in [0.717, 1.165) is 18.7 Å². The number of carboxylic acids is 1. The largest absolute Gasteiger partial charge is 0.478 e. The van der Waals surface area contributed by atoms with Crippen molar-refractivity contribution in [2.24, 2.45) is 5.92 Å². The molecule has 5 heteroatoms. The van der Waals surface area contributed by atoms with Crippen LogP contribution in [0.15, 0.2) is 24.3 Å². The number of benzene rings is 1. The highest BCUT2D eigenvalue weighted by molar-refractivity contribution is 5.87. The molecule has 96 valence electrons. The van der Waals surface area contributed by atoms with Crippen LogP contribution in [0, 0.1) is 5.92 Å². The van der Waals surface area contributed by atoms with Crippen LogP contribution in [0.3, 0.4) is 0 Å². The van der Waals surface area contributed by atoms with Gasteiger partial charge in [-0.15, -0.1) is 0 Å². The Balaban J connectivity index is 1.83. The minimum Gasteiger partial charge on any atom is -0.478 e. The number of nitrogens with one attached hydrogen (secondary N) is 2. The standard InChI is InChI=1S/C13H16N2O3/c16-12(5-10-6-14-7-10)15-8-9-2-1-3-11(4-9)13(17)18/h1-4,10,14H,5-8H2,(H,15,16)(H,17,18). The summed E-state index contributed by atoms with van der Waals surface area (Å²) in [5.74, 6) is -0.499. The summed E-state index contributed by atoms with van der Waals surface area (Å²) in [5, 5.41) is 14.8. The van der Waals surface area contributed by atoms with Crippen molar-refractivity contribution in [3.8, 4) is 0 Å². The van der Waals surface area contributed by atoms with Gasteiger partial charge in [0.15, 0.2) is 0 Å². The number of carbonyl (C=O) groups excluding carboxylic acids is 1. The smallest absolute Gasteiger partial charge is 0.335 e. The zero-order valence-electron chi connectivity index (χ0n) is 9.98. The van der Waals surface area contributed by atoms with Crippen molar-refractivity contribution in [3.63, 3.8) is 0 Å². The summed E-state index contributed by atoms with van der Waals surface area (Å²) < 4.78 is 0. The first-order valence-corrected chi connectivity index (χ1v) is 5.95. The number of aromatic carboxylic acids is 1. The first kappa shape index (κ1) is 12.6. The second-order valence-corrected chi connectivity index (χ2v) is 4.51. The Bertz CT molecular complexity index is 455. The molecule has 0 aliphatic carbocycles. The molecule has 0 spiro atoms. The van der Waals surface area contributed by atoms with Gasteiger partial charge in [0, 0.05) is 13.0 Å². The zero-order valence-corrected chi connectivity index (χ0v) is 9.98. The molecule has 1 aromatic rings. The molecule has 1 aliphatic heterocycles. The van der Waals surface area contributed by atoms with Gasteiger partial charge in [0.25, 0.3) is 0 Å². The van der Waals surface area contributed by atoms with Crippen LogP contribution in [0.2, 0.25) is 0 Å². The molecular formula is C13H16N2O3. The van der Waals surface area contributed by atoms with E-state index < -0.39 is 5.97 Å². The third-order valence-corrected chi connectivity index (χ3v) is 3.00. The van der Waals surface area contributed by atoms with Crippen LogP contribution in [0.25, 0.3) is 0 Å². The highest BCUT2D eigenvalue weighted by atomic mass is 16.4. The van der Waals surface area contributed by atoms with Crippen molar-refractivity contribution in [2.75, 3.05) is 13.1 Å². The molecule has 2 rings (SSSR count). The molecule has 0 radical (unpaired) electrons. The minimum atomic E-state index is -0.955. The first-order valence-electron chi connectivity index (χ1n) is 5.95. The van der Waals surface area contributed by atoms with E-state index in [1.807, 2.05) is 0 Å². The van der Waals surface area contributed by atoms with Crippen LogP contribution in [-0.4, -0.2) is 30.1 Å². The number of hydrogen-bond acceptors (Lipinski definition) is 3. The quantitative estimate of drug-likeness (QED) is 0.713. The summed E-state index contributed by atoms with van der Waals surface area (Å²) in [7, 11) is 0. The summed E-state index contributed by atoms with van der Waals surface area (Å²) in [6, 6.07) is 6.60. The Morgan fingerprint density at radius 1 is 1.39 bits per heavy atom. The van der Waals surface area contributed by atoms with E-state index in [0.29, 0.717) is 18.9 Å². The average Bonchev–Trinajstić information content (AvgIpc) is 2.31. The molecule has 0 aromatic heterocycles. The van der Waals surface area contributed by atoms with Crippen LogP contribution < -0.4 is 10.6 Å². The van der Waals surface area contributed by atoms with E-state index in [9.17, 15) is 9.59 Å². The van der Waals surface area contributed by atoms with E-state index in [-0.39, 0.29) is 11.5 Å². The van der Waals surface area contributed by atoms with Gasteiger partial charge >= 0.3 is 5.97 Å². The van der Waals surface area contributed by atoms with Crippen LogP contribution in [0.4, 0.5) is 0 Å².